The number of anilines is 1. The van der Waals surface area contributed by atoms with Gasteiger partial charge in [0.2, 0.25) is 5.95 Å². The second kappa shape index (κ2) is 5.64. The van der Waals surface area contributed by atoms with Crippen LogP contribution in [0.5, 0.6) is 0 Å². The number of hydrogen-bond acceptors (Lipinski definition) is 6. The van der Waals surface area contributed by atoms with Crippen molar-refractivity contribution in [1.82, 2.24) is 20.4 Å². The summed E-state index contributed by atoms with van der Waals surface area (Å²) >= 11 is 0. The van der Waals surface area contributed by atoms with E-state index in [4.69, 9.17) is 4.52 Å². The van der Waals surface area contributed by atoms with E-state index in [0.29, 0.717) is 30.0 Å². The molecule has 2 aromatic heterocycles. The number of nitrogens with one attached hydrogen (secondary N) is 1. The Kier molecular flexibility index (Phi) is 3.48. The van der Waals surface area contributed by atoms with Crippen molar-refractivity contribution in [1.29, 1.82) is 0 Å². The quantitative estimate of drug-likeness (QED) is 0.923. The first-order chi connectivity index (χ1) is 11.2. The van der Waals surface area contributed by atoms with Gasteiger partial charge in [0.1, 0.15) is 5.76 Å². The van der Waals surface area contributed by atoms with E-state index in [-0.39, 0.29) is 11.9 Å². The molecule has 4 rings (SSSR count). The van der Waals surface area contributed by atoms with Gasteiger partial charge in [0.15, 0.2) is 5.69 Å². The molecule has 7 nitrogen and oxygen atoms in total. The topological polar surface area (TPSA) is 84.2 Å². The molecule has 0 spiro atoms. The molecule has 3 heterocycles. The molecular formula is C16H19N5O2. The second-order valence-electron chi connectivity index (χ2n) is 6.40. The Balaban J connectivity index is 1.40. The van der Waals surface area contributed by atoms with Gasteiger partial charge in [0.25, 0.3) is 5.91 Å². The van der Waals surface area contributed by atoms with Crippen molar-refractivity contribution < 1.29 is 9.32 Å². The van der Waals surface area contributed by atoms with Gasteiger partial charge < -0.3 is 14.7 Å². The summed E-state index contributed by atoms with van der Waals surface area (Å²) < 4.78 is 5.25. The van der Waals surface area contributed by atoms with Crippen LogP contribution in [-0.4, -0.2) is 40.2 Å². The molecule has 2 unspecified atom stereocenters. The maximum atomic E-state index is 12.4. The third-order valence-electron chi connectivity index (χ3n) is 4.50. The van der Waals surface area contributed by atoms with Crippen LogP contribution in [0.1, 0.15) is 41.9 Å². The Labute approximate surface area is 134 Å². The largest absolute Gasteiger partial charge is 0.360 e. The Bertz CT molecular complexity index is 698. The molecule has 0 radical (unpaired) electrons. The summed E-state index contributed by atoms with van der Waals surface area (Å²) in [4.78, 5) is 23.0. The number of amides is 1. The number of rotatable bonds is 4. The molecule has 2 aromatic rings. The van der Waals surface area contributed by atoms with Gasteiger partial charge in [0, 0.05) is 37.5 Å². The summed E-state index contributed by atoms with van der Waals surface area (Å²) in [6.07, 6.45) is 5.71. The van der Waals surface area contributed by atoms with Gasteiger partial charge in [-0.25, -0.2) is 9.97 Å². The lowest BCUT2D eigenvalue weighted by Crippen LogP contribution is -2.40. The minimum absolute atomic E-state index is 0.0485. The molecule has 7 heteroatoms. The third-order valence-corrected chi connectivity index (χ3v) is 4.50. The highest BCUT2D eigenvalue weighted by atomic mass is 16.5. The molecule has 2 fully saturated rings. The highest BCUT2D eigenvalue weighted by molar-refractivity contribution is 5.92. The Morgan fingerprint density at radius 1 is 1.30 bits per heavy atom. The van der Waals surface area contributed by atoms with E-state index in [1.165, 1.54) is 0 Å². The van der Waals surface area contributed by atoms with E-state index in [1.54, 1.807) is 24.5 Å². The Morgan fingerprint density at radius 2 is 2.09 bits per heavy atom. The molecule has 2 aliphatic rings. The Morgan fingerprint density at radius 3 is 2.83 bits per heavy atom. The zero-order chi connectivity index (χ0) is 15.8. The molecule has 0 bridgehead atoms. The molecule has 1 saturated heterocycles. The van der Waals surface area contributed by atoms with Crippen LogP contribution in [0.4, 0.5) is 5.95 Å². The van der Waals surface area contributed by atoms with E-state index in [1.807, 2.05) is 0 Å². The summed E-state index contributed by atoms with van der Waals surface area (Å²) in [6.45, 7) is 3.64. The van der Waals surface area contributed by atoms with Crippen LogP contribution in [-0.2, 0) is 0 Å². The lowest BCUT2D eigenvalue weighted by Gasteiger charge is -2.16. The zero-order valence-electron chi connectivity index (χ0n) is 13.0. The number of nitrogens with zero attached hydrogens (tertiary/aromatic N) is 4. The van der Waals surface area contributed by atoms with Crippen molar-refractivity contribution in [3.63, 3.8) is 0 Å². The fraction of sp³-hybridized carbons (Fsp3) is 0.500. The van der Waals surface area contributed by atoms with Crippen LogP contribution in [0.25, 0.3) is 0 Å². The summed E-state index contributed by atoms with van der Waals surface area (Å²) in [5, 5.41) is 6.95. The van der Waals surface area contributed by atoms with Crippen LogP contribution in [0.15, 0.2) is 29.0 Å². The maximum Gasteiger partial charge on any atom is 0.273 e. The lowest BCUT2D eigenvalue weighted by atomic mass is 10.1. The van der Waals surface area contributed by atoms with Crippen molar-refractivity contribution in [3.8, 4) is 0 Å². The highest BCUT2D eigenvalue weighted by Crippen LogP contribution is 2.40. The molecule has 1 saturated carbocycles. The monoisotopic (exact) mass is 313 g/mol. The van der Waals surface area contributed by atoms with Gasteiger partial charge in [-0.1, -0.05) is 12.1 Å². The number of carbonyl (C=O) groups excluding carboxylic acids is 1. The van der Waals surface area contributed by atoms with E-state index in [2.05, 4.69) is 32.3 Å². The molecule has 1 aliphatic carbocycles. The van der Waals surface area contributed by atoms with Crippen LogP contribution in [0.2, 0.25) is 0 Å². The average molecular weight is 313 g/mol. The van der Waals surface area contributed by atoms with Gasteiger partial charge in [-0.05, 0) is 24.8 Å². The molecule has 1 amide bonds. The first-order valence-corrected chi connectivity index (χ1v) is 8.00. The van der Waals surface area contributed by atoms with Crippen LogP contribution in [0, 0.1) is 5.92 Å². The number of carbonyl (C=O) groups is 1. The molecule has 1 aliphatic heterocycles. The van der Waals surface area contributed by atoms with Crippen molar-refractivity contribution in [2.24, 2.45) is 5.92 Å². The van der Waals surface area contributed by atoms with Crippen LogP contribution in [0.3, 0.4) is 0 Å². The van der Waals surface area contributed by atoms with Gasteiger partial charge in [0.05, 0.1) is 6.04 Å². The molecule has 0 aromatic carbocycles. The van der Waals surface area contributed by atoms with Crippen LogP contribution >= 0.6 is 0 Å². The smallest absolute Gasteiger partial charge is 0.273 e. The van der Waals surface area contributed by atoms with Crippen molar-refractivity contribution >= 4 is 11.9 Å². The molecule has 120 valence electrons. The molecule has 23 heavy (non-hydrogen) atoms. The Hall–Kier alpha value is -2.44. The van der Waals surface area contributed by atoms with E-state index in [0.717, 1.165) is 25.1 Å². The summed E-state index contributed by atoms with van der Waals surface area (Å²) in [6, 6.07) is 3.61. The van der Waals surface area contributed by atoms with Crippen molar-refractivity contribution in [3.05, 3.63) is 36.0 Å². The lowest BCUT2D eigenvalue weighted by molar-refractivity contribution is 0.0924. The van der Waals surface area contributed by atoms with Crippen molar-refractivity contribution in [2.75, 3.05) is 18.0 Å². The van der Waals surface area contributed by atoms with Gasteiger partial charge in [-0.3, -0.25) is 4.79 Å². The van der Waals surface area contributed by atoms with E-state index >= 15 is 0 Å². The van der Waals surface area contributed by atoms with Crippen LogP contribution < -0.4 is 10.2 Å². The van der Waals surface area contributed by atoms with E-state index in [9.17, 15) is 4.79 Å². The molecule has 1 N–H and O–H groups in total. The third kappa shape index (κ3) is 2.91. The predicted octanol–water partition coefficient (Wildman–Crippen LogP) is 1.60. The van der Waals surface area contributed by atoms with Gasteiger partial charge >= 0.3 is 0 Å². The maximum absolute atomic E-state index is 12.4. The summed E-state index contributed by atoms with van der Waals surface area (Å²) in [7, 11) is 0. The van der Waals surface area contributed by atoms with E-state index < -0.39 is 0 Å². The number of aromatic nitrogens is 3. The molecular weight excluding hydrogens is 294 g/mol. The SMILES string of the molecule is CC1CN(c2ncccn2)CC1NC(=O)c1cc(C2CC2)on1. The summed E-state index contributed by atoms with van der Waals surface area (Å²) in [5.41, 5.74) is 0.369. The number of hydrogen-bond donors (Lipinski definition) is 1. The minimum Gasteiger partial charge on any atom is -0.360 e. The average Bonchev–Trinajstić information content (AvgIpc) is 3.18. The van der Waals surface area contributed by atoms with Gasteiger partial charge in [-0.2, -0.15) is 0 Å². The minimum atomic E-state index is -0.173. The molecule has 2 atom stereocenters. The highest BCUT2D eigenvalue weighted by Gasteiger charge is 2.33. The van der Waals surface area contributed by atoms with Crippen molar-refractivity contribution in [2.45, 2.75) is 31.7 Å². The zero-order valence-corrected chi connectivity index (χ0v) is 13.0. The predicted molar refractivity (Wildman–Crippen MR) is 83.1 cm³/mol. The first kappa shape index (κ1) is 14.2. The second-order valence-corrected chi connectivity index (χ2v) is 6.40. The fourth-order valence-corrected chi connectivity index (χ4v) is 2.97. The van der Waals surface area contributed by atoms with Gasteiger partial charge in [-0.15, -0.1) is 0 Å². The summed E-state index contributed by atoms with van der Waals surface area (Å²) in [5.74, 6) is 2.13. The first-order valence-electron chi connectivity index (χ1n) is 8.00. The fourth-order valence-electron chi connectivity index (χ4n) is 2.97. The normalized spacial score (nSPS) is 24.0. The standard InChI is InChI=1S/C16H19N5O2/c1-10-8-21(16-17-5-2-6-18-16)9-13(10)19-15(22)12-7-14(23-20-12)11-3-4-11/h2,5-7,10-11,13H,3-4,8-9H2,1H3,(H,19,22).